The van der Waals surface area contributed by atoms with E-state index in [1.54, 1.807) is 23.7 Å². The standard InChI is InChI=1S/C20H23N3O3/c24-19(22-25)16-8-9-18-17(12-16)21-20(26-18)15-6-4-14(5-7-15)13-23-10-2-1-3-11-23/h4-9,12,20-21,25H,1-3,10-11,13H2,(H,22,24). The van der Waals surface area contributed by atoms with E-state index in [0.29, 0.717) is 11.3 Å². The average molecular weight is 353 g/mol. The molecular weight excluding hydrogens is 330 g/mol. The maximum Gasteiger partial charge on any atom is 0.274 e. The van der Waals surface area contributed by atoms with E-state index in [9.17, 15) is 4.79 Å². The van der Waals surface area contributed by atoms with Gasteiger partial charge < -0.3 is 10.1 Å². The first kappa shape index (κ1) is 16.9. The second-order valence-corrected chi connectivity index (χ2v) is 6.87. The third-order valence-electron chi connectivity index (χ3n) is 5.01. The molecule has 2 heterocycles. The van der Waals surface area contributed by atoms with Gasteiger partial charge in [0.05, 0.1) is 5.69 Å². The molecule has 0 aliphatic carbocycles. The molecule has 2 aromatic rings. The number of nitrogens with one attached hydrogen (secondary N) is 2. The molecule has 6 heteroatoms. The lowest BCUT2D eigenvalue weighted by molar-refractivity contribution is 0.0706. The van der Waals surface area contributed by atoms with Gasteiger partial charge in [0.15, 0.2) is 6.23 Å². The number of carbonyl (C=O) groups excluding carboxylic acids is 1. The lowest BCUT2D eigenvalue weighted by atomic mass is 10.1. The van der Waals surface area contributed by atoms with Gasteiger partial charge in [-0.3, -0.25) is 14.9 Å². The van der Waals surface area contributed by atoms with Crippen LogP contribution in [-0.2, 0) is 6.54 Å². The monoisotopic (exact) mass is 353 g/mol. The zero-order valence-electron chi connectivity index (χ0n) is 14.6. The van der Waals surface area contributed by atoms with Crippen molar-refractivity contribution < 1.29 is 14.7 Å². The Balaban J connectivity index is 1.42. The summed E-state index contributed by atoms with van der Waals surface area (Å²) in [5.41, 5.74) is 5.11. The van der Waals surface area contributed by atoms with Crippen LogP contribution >= 0.6 is 0 Å². The van der Waals surface area contributed by atoms with E-state index < -0.39 is 5.91 Å². The molecule has 0 bridgehead atoms. The highest BCUT2D eigenvalue weighted by Crippen LogP contribution is 2.38. The maximum atomic E-state index is 11.5. The third-order valence-corrected chi connectivity index (χ3v) is 5.01. The summed E-state index contributed by atoms with van der Waals surface area (Å²) in [7, 11) is 0. The molecule has 0 radical (unpaired) electrons. The average Bonchev–Trinajstić information content (AvgIpc) is 3.12. The molecule has 1 atom stereocenters. The Kier molecular flexibility index (Phi) is 4.77. The van der Waals surface area contributed by atoms with Crippen LogP contribution in [0.3, 0.4) is 0 Å². The molecular formula is C20H23N3O3. The molecule has 4 rings (SSSR count). The minimum atomic E-state index is -0.542. The van der Waals surface area contributed by atoms with Gasteiger partial charge in [0, 0.05) is 17.7 Å². The maximum absolute atomic E-state index is 11.5. The molecule has 6 nitrogen and oxygen atoms in total. The van der Waals surface area contributed by atoms with Crippen molar-refractivity contribution in [2.75, 3.05) is 18.4 Å². The third kappa shape index (κ3) is 3.52. The lowest BCUT2D eigenvalue weighted by Gasteiger charge is -2.26. The fraction of sp³-hybridized carbons (Fsp3) is 0.350. The minimum absolute atomic E-state index is 0.276. The Morgan fingerprint density at radius 2 is 1.92 bits per heavy atom. The number of anilines is 1. The summed E-state index contributed by atoms with van der Waals surface area (Å²) >= 11 is 0. The van der Waals surface area contributed by atoms with Gasteiger partial charge in [-0.05, 0) is 49.7 Å². The molecule has 0 spiro atoms. The predicted octanol–water partition coefficient (Wildman–Crippen LogP) is 3.29. The van der Waals surface area contributed by atoms with Crippen molar-refractivity contribution in [2.45, 2.75) is 32.0 Å². The SMILES string of the molecule is O=C(NO)c1ccc2c(c1)NC(c1ccc(CN3CCCCC3)cc1)O2. The summed E-state index contributed by atoms with van der Waals surface area (Å²) in [6, 6.07) is 13.5. The van der Waals surface area contributed by atoms with Crippen molar-refractivity contribution in [2.24, 2.45) is 0 Å². The van der Waals surface area contributed by atoms with E-state index in [1.165, 1.54) is 37.9 Å². The number of nitrogens with zero attached hydrogens (tertiary/aromatic N) is 1. The predicted molar refractivity (Wildman–Crippen MR) is 98.3 cm³/mol. The van der Waals surface area contributed by atoms with Gasteiger partial charge in [-0.25, -0.2) is 5.48 Å². The van der Waals surface area contributed by atoms with Gasteiger partial charge in [-0.15, -0.1) is 0 Å². The largest absolute Gasteiger partial charge is 0.464 e. The molecule has 1 amide bonds. The number of rotatable bonds is 4. The number of hydrogen-bond acceptors (Lipinski definition) is 5. The summed E-state index contributed by atoms with van der Waals surface area (Å²) in [6.07, 6.45) is 3.67. The number of ether oxygens (including phenoxy) is 1. The van der Waals surface area contributed by atoms with Gasteiger partial charge >= 0.3 is 0 Å². The summed E-state index contributed by atoms with van der Waals surface area (Å²) < 4.78 is 5.94. The number of piperidine rings is 1. The van der Waals surface area contributed by atoms with Crippen LogP contribution in [0.25, 0.3) is 0 Å². The smallest absolute Gasteiger partial charge is 0.274 e. The van der Waals surface area contributed by atoms with Gasteiger partial charge in [0.1, 0.15) is 5.75 Å². The Morgan fingerprint density at radius 1 is 1.15 bits per heavy atom. The van der Waals surface area contributed by atoms with E-state index in [0.717, 1.165) is 17.8 Å². The number of carbonyl (C=O) groups is 1. The fourth-order valence-corrected chi connectivity index (χ4v) is 3.57. The first-order valence-electron chi connectivity index (χ1n) is 9.06. The molecule has 3 N–H and O–H groups in total. The van der Waals surface area contributed by atoms with Crippen LogP contribution < -0.4 is 15.5 Å². The van der Waals surface area contributed by atoms with Gasteiger partial charge in [0.25, 0.3) is 5.91 Å². The van der Waals surface area contributed by atoms with Crippen molar-refractivity contribution in [1.29, 1.82) is 0 Å². The normalized spacial score (nSPS) is 19.3. The number of likely N-dealkylation sites (tertiary alicyclic amines) is 1. The number of hydrogen-bond donors (Lipinski definition) is 3. The van der Waals surface area contributed by atoms with Crippen molar-refractivity contribution in [3.8, 4) is 5.75 Å². The summed E-state index contributed by atoms with van der Waals surface area (Å²) in [6.45, 7) is 3.38. The van der Waals surface area contributed by atoms with Crippen LogP contribution in [0.15, 0.2) is 42.5 Å². The van der Waals surface area contributed by atoms with Crippen LogP contribution in [0.4, 0.5) is 5.69 Å². The molecule has 2 aliphatic rings. The molecule has 2 aromatic carbocycles. The minimum Gasteiger partial charge on any atom is -0.464 e. The van der Waals surface area contributed by atoms with Crippen LogP contribution in [-0.4, -0.2) is 29.1 Å². The molecule has 2 aliphatic heterocycles. The zero-order valence-corrected chi connectivity index (χ0v) is 14.6. The van der Waals surface area contributed by atoms with Crippen LogP contribution in [0.2, 0.25) is 0 Å². The Labute approximate surface area is 152 Å². The molecule has 1 unspecified atom stereocenters. The van der Waals surface area contributed by atoms with E-state index in [1.807, 2.05) is 0 Å². The van der Waals surface area contributed by atoms with E-state index in [2.05, 4.69) is 34.5 Å². The zero-order chi connectivity index (χ0) is 17.9. The number of amides is 1. The molecule has 0 saturated carbocycles. The second-order valence-electron chi connectivity index (χ2n) is 6.87. The van der Waals surface area contributed by atoms with Crippen LogP contribution in [0, 0.1) is 0 Å². The highest BCUT2D eigenvalue weighted by atomic mass is 16.5. The van der Waals surface area contributed by atoms with Crippen molar-refractivity contribution in [1.82, 2.24) is 10.4 Å². The summed E-state index contributed by atoms with van der Waals surface area (Å²) in [5, 5.41) is 12.0. The first-order valence-corrected chi connectivity index (χ1v) is 9.06. The van der Waals surface area contributed by atoms with Gasteiger partial charge in [-0.1, -0.05) is 30.7 Å². The number of hydroxylamine groups is 1. The Morgan fingerprint density at radius 3 is 2.65 bits per heavy atom. The molecule has 136 valence electrons. The topological polar surface area (TPSA) is 73.8 Å². The molecule has 0 aromatic heterocycles. The lowest BCUT2D eigenvalue weighted by Crippen LogP contribution is -2.29. The van der Waals surface area contributed by atoms with E-state index >= 15 is 0 Å². The molecule has 26 heavy (non-hydrogen) atoms. The summed E-state index contributed by atoms with van der Waals surface area (Å²) in [4.78, 5) is 14.0. The Hall–Kier alpha value is -2.57. The Bertz CT molecular complexity index is 785. The molecule has 1 saturated heterocycles. The highest BCUT2D eigenvalue weighted by Gasteiger charge is 2.24. The number of fused-ring (bicyclic) bond motifs is 1. The fourth-order valence-electron chi connectivity index (χ4n) is 3.57. The van der Waals surface area contributed by atoms with Crippen molar-refractivity contribution in [3.05, 3.63) is 59.2 Å². The van der Waals surface area contributed by atoms with E-state index in [4.69, 9.17) is 9.94 Å². The first-order chi connectivity index (χ1) is 12.7. The van der Waals surface area contributed by atoms with Crippen molar-refractivity contribution in [3.63, 3.8) is 0 Å². The quantitative estimate of drug-likeness (QED) is 0.581. The van der Waals surface area contributed by atoms with Crippen molar-refractivity contribution >= 4 is 11.6 Å². The van der Waals surface area contributed by atoms with E-state index in [-0.39, 0.29) is 6.23 Å². The van der Waals surface area contributed by atoms with Crippen LogP contribution in [0.5, 0.6) is 5.75 Å². The number of benzene rings is 2. The van der Waals surface area contributed by atoms with Gasteiger partial charge in [0.2, 0.25) is 0 Å². The van der Waals surface area contributed by atoms with Crippen LogP contribution in [0.1, 0.15) is 47.0 Å². The molecule has 1 fully saturated rings. The summed E-state index contributed by atoms with van der Waals surface area (Å²) in [5.74, 6) is 0.155. The second kappa shape index (κ2) is 7.35. The van der Waals surface area contributed by atoms with Gasteiger partial charge in [-0.2, -0.15) is 0 Å². The highest BCUT2D eigenvalue weighted by molar-refractivity contribution is 5.95.